The van der Waals surface area contributed by atoms with Crippen LogP contribution in [-0.2, 0) is 17.1 Å². The Labute approximate surface area is 103 Å². The van der Waals surface area contributed by atoms with Crippen molar-refractivity contribution in [2.75, 3.05) is 14.2 Å². The number of hydrogen-bond acceptors (Lipinski definition) is 3. The highest BCUT2D eigenvalue weighted by Crippen LogP contribution is 2.41. The topological polar surface area (TPSA) is 55.8 Å². The van der Waals surface area contributed by atoms with E-state index in [2.05, 4.69) is 0 Å². The third-order valence-electron chi connectivity index (χ3n) is 2.37. The summed E-state index contributed by atoms with van der Waals surface area (Å²) in [6, 6.07) is 2.50. The number of benzene rings is 1. The van der Waals surface area contributed by atoms with Gasteiger partial charge in [0.15, 0.2) is 11.5 Å². The second kappa shape index (κ2) is 5.20. The summed E-state index contributed by atoms with van der Waals surface area (Å²) in [7, 11) is 2.56. The largest absolute Gasteiger partial charge is 0.493 e. The Morgan fingerprint density at radius 1 is 1.33 bits per heavy atom. The molecule has 0 aromatic heterocycles. The van der Waals surface area contributed by atoms with Gasteiger partial charge in [0, 0.05) is 6.92 Å². The number of carboxylic acids is 1. The zero-order chi connectivity index (χ0) is 13.9. The Kier molecular flexibility index (Phi) is 4.11. The lowest BCUT2D eigenvalue weighted by Gasteiger charge is -2.18. The quantitative estimate of drug-likeness (QED) is 0.883. The fourth-order valence-electron chi connectivity index (χ4n) is 1.62. The van der Waals surface area contributed by atoms with Crippen molar-refractivity contribution in [3.8, 4) is 11.5 Å². The molecule has 4 nitrogen and oxygen atoms in total. The molecule has 0 aliphatic heterocycles. The van der Waals surface area contributed by atoms with Gasteiger partial charge in [-0.1, -0.05) is 0 Å². The normalized spacial score (nSPS) is 11.2. The number of alkyl halides is 2. The molecule has 18 heavy (non-hydrogen) atoms. The fourth-order valence-corrected chi connectivity index (χ4v) is 1.62. The summed E-state index contributed by atoms with van der Waals surface area (Å²) in [5.41, 5.74) is -0.155. The number of carbonyl (C=O) groups is 1. The van der Waals surface area contributed by atoms with E-state index in [0.717, 1.165) is 13.0 Å². The lowest BCUT2D eigenvalue weighted by molar-refractivity contribution is -0.136. The first-order valence-corrected chi connectivity index (χ1v) is 5.14. The molecular formula is C12H14F2O4. The lowest BCUT2D eigenvalue weighted by atomic mass is 10.0. The molecule has 6 heteroatoms. The van der Waals surface area contributed by atoms with E-state index in [4.69, 9.17) is 14.6 Å². The van der Waals surface area contributed by atoms with E-state index in [0.29, 0.717) is 0 Å². The number of methoxy groups -OCH3 is 2. The van der Waals surface area contributed by atoms with Gasteiger partial charge < -0.3 is 14.6 Å². The molecule has 1 N–H and O–H groups in total. The molecule has 0 amide bonds. The number of halogens is 2. The summed E-state index contributed by atoms with van der Waals surface area (Å²) in [4.78, 5) is 10.6. The molecule has 0 aliphatic carbocycles. The van der Waals surface area contributed by atoms with Crippen LogP contribution < -0.4 is 9.47 Å². The second-order valence-corrected chi connectivity index (χ2v) is 3.84. The van der Waals surface area contributed by atoms with E-state index in [1.807, 2.05) is 0 Å². The Bertz CT molecular complexity index is 452. The number of aliphatic carboxylic acids is 1. The summed E-state index contributed by atoms with van der Waals surface area (Å²) in [6.45, 7) is 0.717. The van der Waals surface area contributed by atoms with E-state index in [1.54, 1.807) is 0 Å². The number of carboxylic acid groups (broad SMARTS) is 1. The summed E-state index contributed by atoms with van der Waals surface area (Å²) >= 11 is 0. The monoisotopic (exact) mass is 260 g/mol. The number of rotatable bonds is 5. The molecule has 0 aliphatic rings. The van der Waals surface area contributed by atoms with Crippen LogP contribution in [0.4, 0.5) is 8.78 Å². The highest BCUT2D eigenvalue weighted by molar-refractivity contribution is 5.71. The molecule has 0 atom stereocenters. The molecule has 1 aromatic carbocycles. The van der Waals surface area contributed by atoms with Gasteiger partial charge in [-0.15, -0.1) is 0 Å². The SMILES string of the molecule is COc1cc(CC(=O)O)cc(C(C)(F)F)c1OC. The maximum Gasteiger partial charge on any atom is 0.307 e. The van der Waals surface area contributed by atoms with Gasteiger partial charge in [0.2, 0.25) is 0 Å². The van der Waals surface area contributed by atoms with Crippen molar-refractivity contribution in [1.82, 2.24) is 0 Å². The zero-order valence-corrected chi connectivity index (χ0v) is 10.3. The first-order chi connectivity index (χ1) is 8.29. The van der Waals surface area contributed by atoms with Crippen molar-refractivity contribution in [3.05, 3.63) is 23.3 Å². The molecule has 0 unspecified atom stereocenters. The fraction of sp³-hybridized carbons (Fsp3) is 0.417. The van der Waals surface area contributed by atoms with Crippen LogP contribution in [0, 0.1) is 0 Å². The van der Waals surface area contributed by atoms with Crippen LogP contribution in [-0.4, -0.2) is 25.3 Å². The van der Waals surface area contributed by atoms with Crippen molar-refractivity contribution in [2.24, 2.45) is 0 Å². The molecule has 100 valence electrons. The average molecular weight is 260 g/mol. The van der Waals surface area contributed by atoms with E-state index in [-0.39, 0.29) is 29.0 Å². The highest BCUT2D eigenvalue weighted by atomic mass is 19.3. The minimum Gasteiger partial charge on any atom is -0.493 e. The first-order valence-electron chi connectivity index (χ1n) is 5.14. The van der Waals surface area contributed by atoms with Gasteiger partial charge in [0.05, 0.1) is 26.2 Å². The van der Waals surface area contributed by atoms with Gasteiger partial charge in [0.1, 0.15) is 0 Å². The van der Waals surface area contributed by atoms with Crippen molar-refractivity contribution in [2.45, 2.75) is 19.3 Å². The smallest absolute Gasteiger partial charge is 0.307 e. The minimum atomic E-state index is -3.15. The first kappa shape index (κ1) is 14.2. The van der Waals surface area contributed by atoms with E-state index in [9.17, 15) is 13.6 Å². The Morgan fingerprint density at radius 2 is 1.94 bits per heavy atom. The van der Waals surface area contributed by atoms with Crippen LogP contribution in [0.1, 0.15) is 18.1 Å². The number of hydrogen-bond donors (Lipinski definition) is 1. The molecule has 0 saturated heterocycles. The van der Waals surface area contributed by atoms with Crippen LogP contribution in [0.3, 0.4) is 0 Å². The predicted molar refractivity (Wildman–Crippen MR) is 60.5 cm³/mol. The molecule has 0 fully saturated rings. The Hall–Kier alpha value is -1.85. The molecular weight excluding hydrogens is 246 g/mol. The van der Waals surface area contributed by atoms with Crippen LogP contribution in [0.2, 0.25) is 0 Å². The molecule has 0 heterocycles. The molecule has 0 saturated carbocycles. The van der Waals surface area contributed by atoms with Gasteiger partial charge in [-0.25, -0.2) is 8.78 Å². The Balaban J connectivity index is 3.40. The third-order valence-corrected chi connectivity index (χ3v) is 2.37. The number of ether oxygens (including phenoxy) is 2. The lowest BCUT2D eigenvalue weighted by Crippen LogP contribution is -2.12. The van der Waals surface area contributed by atoms with Gasteiger partial charge >= 0.3 is 5.97 Å². The average Bonchev–Trinajstić information content (AvgIpc) is 2.25. The van der Waals surface area contributed by atoms with E-state index >= 15 is 0 Å². The maximum atomic E-state index is 13.5. The summed E-state index contributed by atoms with van der Waals surface area (Å²) in [5, 5.41) is 8.69. The van der Waals surface area contributed by atoms with Crippen LogP contribution in [0.5, 0.6) is 11.5 Å². The molecule has 1 aromatic rings. The Morgan fingerprint density at radius 3 is 2.33 bits per heavy atom. The molecule has 0 bridgehead atoms. The minimum absolute atomic E-state index is 0.0841. The predicted octanol–water partition coefficient (Wildman–Crippen LogP) is 2.44. The van der Waals surface area contributed by atoms with Crippen molar-refractivity contribution in [1.29, 1.82) is 0 Å². The maximum absolute atomic E-state index is 13.5. The van der Waals surface area contributed by atoms with Crippen LogP contribution >= 0.6 is 0 Å². The van der Waals surface area contributed by atoms with Gasteiger partial charge in [-0.05, 0) is 17.7 Å². The summed E-state index contributed by atoms with van der Waals surface area (Å²) in [5.74, 6) is -4.24. The van der Waals surface area contributed by atoms with Gasteiger partial charge in [0.25, 0.3) is 5.92 Å². The molecule has 0 radical (unpaired) electrons. The van der Waals surface area contributed by atoms with Crippen LogP contribution in [0.25, 0.3) is 0 Å². The van der Waals surface area contributed by atoms with E-state index in [1.165, 1.54) is 20.3 Å². The van der Waals surface area contributed by atoms with Crippen molar-refractivity contribution < 1.29 is 28.2 Å². The molecule has 1 rings (SSSR count). The van der Waals surface area contributed by atoms with Crippen molar-refractivity contribution >= 4 is 5.97 Å². The zero-order valence-electron chi connectivity index (χ0n) is 10.3. The second-order valence-electron chi connectivity index (χ2n) is 3.84. The summed E-state index contributed by atoms with van der Waals surface area (Å²) < 4.78 is 36.8. The highest BCUT2D eigenvalue weighted by Gasteiger charge is 2.31. The standard InChI is InChI=1S/C12H14F2O4/c1-12(13,14)8-4-7(6-10(15)16)5-9(17-2)11(8)18-3/h4-5H,6H2,1-3H3,(H,15,16). The van der Waals surface area contributed by atoms with Gasteiger partial charge in [-0.2, -0.15) is 0 Å². The molecule has 0 spiro atoms. The van der Waals surface area contributed by atoms with Crippen molar-refractivity contribution in [3.63, 3.8) is 0 Å². The third kappa shape index (κ3) is 3.09. The summed E-state index contributed by atoms with van der Waals surface area (Å²) in [6.07, 6.45) is -0.358. The van der Waals surface area contributed by atoms with Gasteiger partial charge in [-0.3, -0.25) is 4.79 Å². The van der Waals surface area contributed by atoms with Crippen LogP contribution in [0.15, 0.2) is 12.1 Å². The van der Waals surface area contributed by atoms with E-state index < -0.39 is 11.9 Å².